The molecule has 2 N–H and O–H groups in total. The summed E-state index contributed by atoms with van der Waals surface area (Å²) in [6, 6.07) is 0. The number of carbonyl (C=O) groups excluding carboxylic acids is 1. The topological polar surface area (TPSA) is 88.2 Å². The number of amides is 1. The van der Waals surface area contributed by atoms with Crippen molar-refractivity contribution >= 4 is 5.91 Å². The number of aryl methyl sites for hydroxylation is 1. The van der Waals surface area contributed by atoms with Crippen molar-refractivity contribution < 1.29 is 14.4 Å². The van der Waals surface area contributed by atoms with Crippen LogP contribution < -0.4 is 5.32 Å². The first-order chi connectivity index (χ1) is 7.65. The molecule has 0 unspecified atom stereocenters. The minimum Gasteiger partial charge on any atom is -0.394 e. The van der Waals surface area contributed by atoms with Gasteiger partial charge in [0.2, 0.25) is 5.89 Å². The van der Waals surface area contributed by atoms with Crippen LogP contribution in [-0.2, 0) is 0 Å². The number of carbonyl (C=O) groups is 1. The lowest BCUT2D eigenvalue weighted by Gasteiger charge is -2.27. The molecule has 0 bridgehead atoms. The summed E-state index contributed by atoms with van der Waals surface area (Å²) in [6.45, 7) is 1.58. The highest BCUT2D eigenvalue weighted by molar-refractivity contribution is 5.90. The highest BCUT2D eigenvalue weighted by Gasteiger charge is 2.35. The smallest absolute Gasteiger partial charge is 0.293 e. The Labute approximate surface area is 93.0 Å². The van der Waals surface area contributed by atoms with Crippen LogP contribution in [0, 0.1) is 6.92 Å². The molecule has 16 heavy (non-hydrogen) atoms. The van der Waals surface area contributed by atoms with Gasteiger partial charge in [0.05, 0.1) is 12.1 Å². The number of nitrogens with one attached hydrogen (secondary N) is 1. The lowest BCUT2D eigenvalue weighted by molar-refractivity contribution is 0.0825. The molecule has 1 aromatic rings. The largest absolute Gasteiger partial charge is 0.394 e. The zero-order valence-electron chi connectivity index (χ0n) is 9.19. The highest BCUT2D eigenvalue weighted by Crippen LogP contribution is 2.29. The van der Waals surface area contributed by atoms with Crippen LogP contribution in [0.4, 0.5) is 0 Å². The molecule has 2 rings (SSSR count). The van der Waals surface area contributed by atoms with Crippen molar-refractivity contribution in [2.75, 3.05) is 6.61 Å². The van der Waals surface area contributed by atoms with Crippen LogP contribution in [-0.4, -0.2) is 33.3 Å². The van der Waals surface area contributed by atoms with Gasteiger partial charge < -0.3 is 14.9 Å². The van der Waals surface area contributed by atoms with Crippen LogP contribution in [0.1, 0.15) is 42.2 Å². The van der Waals surface area contributed by atoms with E-state index in [1.54, 1.807) is 6.92 Å². The molecule has 6 nitrogen and oxygen atoms in total. The predicted octanol–water partition coefficient (Wildman–Crippen LogP) is 0.413. The molecule has 1 heterocycles. The Morgan fingerprint density at radius 3 is 2.75 bits per heavy atom. The third-order valence-electron chi connectivity index (χ3n) is 2.97. The van der Waals surface area contributed by atoms with Gasteiger partial charge in [-0.05, 0) is 12.8 Å². The monoisotopic (exact) mass is 225 g/mol. The summed E-state index contributed by atoms with van der Waals surface area (Å²) < 4.78 is 4.73. The Balaban J connectivity index is 2.06. The molecule has 1 aliphatic carbocycles. The van der Waals surface area contributed by atoms with Crippen LogP contribution in [0.25, 0.3) is 0 Å². The van der Waals surface area contributed by atoms with Gasteiger partial charge >= 0.3 is 0 Å². The third-order valence-corrected chi connectivity index (χ3v) is 2.97. The van der Waals surface area contributed by atoms with Crippen molar-refractivity contribution in [3.8, 4) is 0 Å². The molecule has 1 fully saturated rings. The number of nitrogens with zero attached hydrogens (tertiary/aromatic N) is 2. The van der Waals surface area contributed by atoms with Gasteiger partial charge in [0.25, 0.3) is 11.7 Å². The van der Waals surface area contributed by atoms with Crippen molar-refractivity contribution in [1.82, 2.24) is 15.5 Å². The second-order valence-electron chi connectivity index (χ2n) is 4.24. The quantitative estimate of drug-likeness (QED) is 0.778. The molecule has 1 aliphatic rings. The average molecular weight is 225 g/mol. The van der Waals surface area contributed by atoms with Crippen LogP contribution in [0.3, 0.4) is 0 Å². The zero-order chi connectivity index (χ0) is 11.6. The van der Waals surface area contributed by atoms with Crippen LogP contribution >= 0.6 is 0 Å². The van der Waals surface area contributed by atoms with Crippen molar-refractivity contribution in [1.29, 1.82) is 0 Å². The van der Waals surface area contributed by atoms with E-state index < -0.39 is 5.54 Å². The molecule has 6 heteroatoms. The van der Waals surface area contributed by atoms with Crippen molar-refractivity contribution in [2.45, 2.75) is 38.1 Å². The average Bonchev–Trinajstić information content (AvgIpc) is 2.88. The van der Waals surface area contributed by atoms with Gasteiger partial charge in [0, 0.05) is 6.92 Å². The van der Waals surface area contributed by atoms with E-state index in [1.807, 2.05) is 0 Å². The maximum atomic E-state index is 11.8. The van der Waals surface area contributed by atoms with Crippen molar-refractivity contribution in [2.24, 2.45) is 0 Å². The molecule has 0 saturated heterocycles. The number of hydrogen-bond acceptors (Lipinski definition) is 5. The summed E-state index contributed by atoms with van der Waals surface area (Å²) in [4.78, 5) is 15.6. The Morgan fingerprint density at radius 1 is 1.56 bits per heavy atom. The van der Waals surface area contributed by atoms with Gasteiger partial charge in [-0.1, -0.05) is 18.0 Å². The molecule has 1 aromatic heterocycles. The second kappa shape index (κ2) is 4.21. The van der Waals surface area contributed by atoms with Gasteiger partial charge in [0.15, 0.2) is 0 Å². The summed E-state index contributed by atoms with van der Waals surface area (Å²) in [5, 5.41) is 15.7. The number of hydrogen-bond donors (Lipinski definition) is 2. The third kappa shape index (κ3) is 2.06. The Bertz CT molecular complexity index is 382. The van der Waals surface area contributed by atoms with E-state index in [0.717, 1.165) is 25.7 Å². The van der Waals surface area contributed by atoms with E-state index in [-0.39, 0.29) is 18.3 Å². The van der Waals surface area contributed by atoms with Gasteiger partial charge in [-0.2, -0.15) is 4.98 Å². The van der Waals surface area contributed by atoms with E-state index in [9.17, 15) is 9.90 Å². The highest BCUT2D eigenvalue weighted by atomic mass is 16.5. The number of aromatic nitrogens is 2. The Hall–Kier alpha value is -1.43. The van der Waals surface area contributed by atoms with E-state index in [1.165, 1.54) is 0 Å². The van der Waals surface area contributed by atoms with E-state index in [2.05, 4.69) is 15.5 Å². The van der Waals surface area contributed by atoms with Crippen LogP contribution in [0.5, 0.6) is 0 Å². The lowest BCUT2D eigenvalue weighted by Crippen LogP contribution is -2.49. The molecule has 1 amide bonds. The zero-order valence-corrected chi connectivity index (χ0v) is 9.19. The SMILES string of the molecule is Cc1nc(C(=O)NC2(CO)CCCC2)no1. The van der Waals surface area contributed by atoms with E-state index in [4.69, 9.17) is 4.52 Å². The summed E-state index contributed by atoms with van der Waals surface area (Å²) in [7, 11) is 0. The minimum absolute atomic E-state index is 0.0252. The second-order valence-corrected chi connectivity index (χ2v) is 4.24. The Kier molecular flexibility index (Phi) is 2.91. The van der Waals surface area contributed by atoms with Gasteiger partial charge in [-0.15, -0.1) is 0 Å². The Morgan fingerprint density at radius 2 is 2.25 bits per heavy atom. The van der Waals surface area contributed by atoms with Gasteiger partial charge in [0.1, 0.15) is 0 Å². The summed E-state index contributed by atoms with van der Waals surface area (Å²) in [5.74, 6) is -0.000328. The van der Waals surface area contributed by atoms with E-state index >= 15 is 0 Å². The first kappa shape index (κ1) is 11.1. The molecule has 0 radical (unpaired) electrons. The molecule has 0 aromatic carbocycles. The predicted molar refractivity (Wildman–Crippen MR) is 54.8 cm³/mol. The molecule has 0 atom stereocenters. The summed E-state index contributed by atoms with van der Waals surface area (Å²) in [6.07, 6.45) is 3.64. The molecule has 1 saturated carbocycles. The number of rotatable bonds is 3. The fraction of sp³-hybridized carbons (Fsp3) is 0.700. The summed E-state index contributed by atoms with van der Waals surface area (Å²) >= 11 is 0. The molecular weight excluding hydrogens is 210 g/mol. The van der Waals surface area contributed by atoms with Crippen molar-refractivity contribution in [3.05, 3.63) is 11.7 Å². The van der Waals surface area contributed by atoms with Gasteiger partial charge in [-0.25, -0.2) is 0 Å². The standard InChI is InChI=1S/C10H15N3O3/c1-7-11-8(13-16-7)9(15)12-10(6-14)4-2-3-5-10/h14H,2-6H2,1H3,(H,12,15). The maximum absolute atomic E-state index is 11.8. The number of aliphatic hydroxyl groups excluding tert-OH is 1. The van der Waals surface area contributed by atoms with Gasteiger partial charge in [-0.3, -0.25) is 4.79 Å². The van der Waals surface area contributed by atoms with Crippen LogP contribution in [0.15, 0.2) is 4.52 Å². The number of aliphatic hydroxyl groups is 1. The lowest BCUT2D eigenvalue weighted by atomic mass is 9.99. The normalized spacial score (nSPS) is 18.6. The first-order valence-electron chi connectivity index (χ1n) is 5.39. The molecule has 88 valence electrons. The fourth-order valence-corrected chi connectivity index (χ4v) is 2.06. The summed E-state index contributed by atoms with van der Waals surface area (Å²) in [5.41, 5.74) is -0.494. The maximum Gasteiger partial charge on any atom is 0.293 e. The van der Waals surface area contributed by atoms with Crippen LogP contribution in [0.2, 0.25) is 0 Å². The molecule has 0 spiro atoms. The molecular formula is C10H15N3O3. The van der Waals surface area contributed by atoms with E-state index in [0.29, 0.717) is 5.89 Å². The minimum atomic E-state index is -0.494. The van der Waals surface area contributed by atoms with Crippen molar-refractivity contribution in [3.63, 3.8) is 0 Å². The first-order valence-corrected chi connectivity index (χ1v) is 5.39. The fourth-order valence-electron chi connectivity index (χ4n) is 2.06. The molecule has 0 aliphatic heterocycles.